The van der Waals surface area contributed by atoms with Gasteiger partial charge < -0.3 is 9.47 Å². The third-order valence-corrected chi connectivity index (χ3v) is 4.46. The molecule has 0 aliphatic carbocycles. The van der Waals surface area contributed by atoms with Crippen LogP contribution in [0.15, 0.2) is 0 Å². The molecule has 1 spiro atoms. The second-order valence-electron chi connectivity index (χ2n) is 5.43. The molecule has 3 saturated heterocycles. The van der Waals surface area contributed by atoms with E-state index in [0.29, 0.717) is 18.2 Å². The summed E-state index contributed by atoms with van der Waals surface area (Å²) in [5.41, 5.74) is 0. The highest BCUT2D eigenvalue weighted by molar-refractivity contribution is 6.31. The minimum absolute atomic E-state index is 0.128. The summed E-state index contributed by atoms with van der Waals surface area (Å²) in [5, 5.41) is 11.4. The molecular weight excluding hydrogens is 266 g/mol. The Labute approximate surface area is 113 Å². The first-order valence-corrected chi connectivity index (χ1v) is 6.53. The molecule has 4 rings (SSSR count). The zero-order valence-electron chi connectivity index (χ0n) is 10.9. The number of nitrogens with zero attached hydrogens (tertiary/aromatic N) is 5. The highest BCUT2D eigenvalue weighted by Crippen LogP contribution is 2.50. The van der Waals surface area contributed by atoms with Crippen molar-refractivity contribution in [2.75, 3.05) is 13.1 Å². The van der Waals surface area contributed by atoms with E-state index >= 15 is 0 Å². The van der Waals surface area contributed by atoms with Crippen molar-refractivity contribution in [1.29, 1.82) is 0 Å². The molecule has 4 heterocycles. The predicted molar refractivity (Wildman–Crippen MR) is 60.6 cm³/mol. The molecule has 3 atom stereocenters. The lowest BCUT2D eigenvalue weighted by Crippen LogP contribution is -2.52. The molecule has 1 aromatic heterocycles. The van der Waals surface area contributed by atoms with Crippen molar-refractivity contribution < 1.29 is 19.1 Å². The standard InChI is InChI=1S/C11H13N5O4/c1-15-8(12-13-14-15)4-7-6-2-3-16(5-6)11(7)19-9(17)10(18)20-11/h6-7H,2-5H2,1H3. The minimum atomic E-state index is -1.25. The van der Waals surface area contributed by atoms with Gasteiger partial charge in [-0.2, -0.15) is 0 Å². The summed E-state index contributed by atoms with van der Waals surface area (Å²) in [6.45, 7) is 1.52. The lowest BCUT2D eigenvalue weighted by molar-refractivity contribution is -0.263. The maximum atomic E-state index is 11.5. The van der Waals surface area contributed by atoms with Crippen LogP contribution in [0, 0.1) is 11.8 Å². The summed E-state index contributed by atoms with van der Waals surface area (Å²) in [6.07, 6.45) is 1.50. The van der Waals surface area contributed by atoms with Crippen LogP contribution in [-0.4, -0.2) is 56.0 Å². The van der Waals surface area contributed by atoms with Crippen molar-refractivity contribution in [3.63, 3.8) is 0 Å². The Morgan fingerprint density at radius 1 is 1.35 bits per heavy atom. The Kier molecular flexibility index (Phi) is 2.21. The van der Waals surface area contributed by atoms with E-state index < -0.39 is 17.8 Å². The Balaban J connectivity index is 1.68. The second kappa shape index (κ2) is 3.75. The SMILES string of the molecule is Cn1nnnc1CC1C2CCN(C2)C12OC(=O)C(=O)O2. The van der Waals surface area contributed by atoms with E-state index in [-0.39, 0.29) is 5.92 Å². The van der Waals surface area contributed by atoms with Crippen LogP contribution in [0.2, 0.25) is 0 Å². The number of carbonyl (C=O) groups excluding carboxylic acids is 2. The van der Waals surface area contributed by atoms with Gasteiger partial charge in [-0.1, -0.05) is 0 Å². The van der Waals surface area contributed by atoms with Crippen molar-refractivity contribution in [3.8, 4) is 0 Å². The van der Waals surface area contributed by atoms with Crippen molar-refractivity contribution >= 4 is 11.9 Å². The third-order valence-electron chi connectivity index (χ3n) is 4.46. The molecule has 3 fully saturated rings. The fourth-order valence-electron chi connectivity index (χ4n) is 3.49. The Morgan fingerprint density at radius 2 is 2.10 bits per heavy atom. The first-order valence-electron chi connectivity index (χ1n) is 6.53. The number of fused-ring (bicyclic) bond motifs is 3. The number of aryl methyl sites for hydroxylation is 1. The van der Waals surface area contributed by atoms with Crippen LogP contribution in [0.5, 0.6) is 0 Å². The molecule has 106 valence electrons. The molecule has 0 N–H and O–H groups in total. The monoisotopic (exact) mass is 279 g/mol. The van der Waals surface area contributed by atoms with E-state index in [9.17, 15) is 9.59 Å². The molecule has 0 saturated carbocycles. The van der Waals surface area contributed by atoms with E-state index in [0.717, 1.165) is 19.5 Å². The Morgan fingerprint density at radius 3 is 2.75 bits per heavy atom. The summed E-state index contributed by atoms with van der Waals surface area (Å²) in [5.74, 6) is -2.22. The number of rotatable bonds is 2. The zero-order chi connectivity index (χ0) is 13.9. The van der Waals surface area contributed by atoms with Gasteiger partial charge in [-0.15, -0.1) is 5.10 Å². The van der Waals surface area contributed by atoms with Gasteiger partial charge in [0.15, 0.2) is 5.82 Å². The zero-order valence-corrected chi connectivity index (χ0v) is 10.9. The third kappa shape index (κ3) is 1.38. The van der Waals surface area contributed by atoms with Crippen molar-refractivity contribution in [2.24, 2.45) is 18.9 Å². The molecule has 0 radical (unpaired) electrons. The highest BCUT2D eigenvalue weighted by atomic mass is 16.8. The van der Waals surface area contributed by atoms with Gasteiger partial charge >= 0.3 is 17.8 Å². The molecule has 9 nitrogen and oxygen atoms in total. The minimum Gasteiger partial charge on any atom is -0.399 e. The molecule has 9 heteroatoms. The fraction of sp³-hybridized carbons (Fsp3) is 0.727. The number of esters is 2. The molecule has 20 heavy (non-hydrogen) atoms. The van der Waals surface area contributed by atoms with Gasteiger partial charge in [0.25, 0.3) is 0 Å². The van der Waals surface area contributed by atoms with E-state index in [2.05, 4.69) is 15.5 Å². The largest absolute Gasteiger partial charge is 0.421 e. The lowest BCUT2D eigenvalue weighted by Gasteiger charge is -2.37. The van der Waals surface area contributed by atoms with Crippen molar-refractivity contribution in [2.45, 2.75) is 18.8 Å². The maximum Gasteiger partial charge on any atom is 0.421 e. The Hall–Kier alpha value is -2.03. The van der Waals surface area contributed by atoms with Crippen LogP contribution < -0.4 is 0 Å². The molecule has 3 aliphatic rings. The molecule has 0 amide bonds. The van der Waals surface area contributed by atoms with Gasteiger partial charge in [-0.25, -0.2) is 19.2 Å². The number of piperidine rings is 1. The van der Waals surface area contributed by atoms with E-state index in [1.165, 1.54) is 0 Å². The number of tetrazole rings is 1. The number of aromatic nitrogens is 4. The summed E-state index contributed by atoms with van der Waals surface area (Å²) in [4.78, 5) is 24.8. The first-order chi connectivity index (χ1) is 9.60. The van der Waals surface area contributed by atoms with Crippen molar-refractivity contribution in [3.05, 3.63) is 5.82 Å². The predicted octanol–water partition coefficient (Wildman–Crippen LogP) is -1.54. The van der Waals surface area contributed by atoms with Crippen molar-refractivity contribution in [1.82, 2.24) is 25.1 Å². The van der Waals surface area contributed by atoms with Crippen LogP contribution >= 0.6 is 0 Å². The van der Waals surface area contributed by atoms with Gasteiger partial charge in [0, 0.05) is 26.6 Å². The molecule has 3 unspecified atom stereocenters. The number of hydrogen-bond donors (Lipinski definition) is 0. The van der Waals surface area contributed by atoms with Gasteiger partial charge in [-0.3, -0.25) is 0 Å². The molecular formula is C11H13N5O4. The second-order valence-corrected chi connectivity index (χ2v) is 5.43. The Bertz CT molecular complexity index is 583. The highest BCUT2D eigenvalue weighted by Gasteiger charge is 2.67. The molecule has 3 aliphatic heterocycles. The van der Waals surface area contributed by atoms with Crippen LogP contribution in [0.3, 0.4) is 0 Å². The quantitative estimate of drug-likeness (QED) is 0.474. The summed E-state index contributed by atoms with van der Waals surface area (Å²) in [6, 6.07) is 0. The maximum absolute atomic E-state index is 11.5. The smallest absolute Gasteiger partial charge is 0.399 e. The van der Waals surface area contributed by atoms with Crippen LogP contribution in [0.25, 0.3) is 0 Å². The first kappa shape index (κ1) is 11.8. The average molecular weight is 279 g/mol. The van der Waals surface area contributed by atoms with E-state index in [1.807, 2.05) is 4.90 Å². The van der Waals surface area contributed by atoms with Crippen LogP contribution in [-0.2, 0) is 32.5 Å². The average Bonchev–Trinajstić information content (AvgIpc) is 3.12. The van der Waals surface area contributed by atoms with Crippen LogP contribution in [0.1, 0.15) is 12.2 Å². The fourth-order valence-corrected chi connectivity index (χ4v) is 3.49. The number of hydrogen-bond acceptors (Lipinski definition) is 8. The van der Waals surface area contributed by atoms with Gasteiger partial charge in [0.1, 0.15) is 0 Å². The van der Waals surface area contributed by atoms with Gasteiger partial charge in [-0.05, 0) is 22.8 Å². The van der Waals surface area contributed by atoms with E-state index in [1.54, 1.807) is 11.7 Å². The van der Waals surface area contributed by atoms with Gasteiger partial charge in [0.2, 0.25) is 0 Å². The normalized spacial score (nSPS) is 33.8. The van der Waals surface area contributed by atoms with Gasteiger partial charge in [0.05, 0.1) is 5.92 Å². The molecule has 2 bridgehead atoms. The number of ether oxygens (including phenoxy) is 2. The number of carbonyl (C=O) groups is 2. The molecule has 0 aromatic carbocycles. The summed E-state index contributed by atoms with van der Waals surface area (Å²) in [7, 11) is 1.75. The lowest BCUT2D eigenvalue weighted by atomic mass is 9.86. The molecule has 1 aromatic rings. The summed E-state index contributed by atoms with van der Waals surface area (Å²) < 4.78 is 12.2. The summed E-state index contributed by atoms with van der Waals surface area (Å²) >= 11 is 0. The van der Waals surface area contributed by atoms with E-state index in [4.69, 9.17) is 9.47 Å². The van der Waals surface area contributed by atoms with Crippen LogP contribution in [0.4, 0.5) is 0 Å². The topological polar surface area (TPSA) is 99.4 Å².